The van der Waals surface area contributed by atoms with Crippen LogP contribution in [0.15, 0.2) is 59.1 Å². The minimum Gasteiger partial charge on any atom is -0.337 e. The van der Waals surface area contributed by atoms with E-state index in [0.717, 1.165) is 11.1 Å². The van der Waals surface area contributed by atoms with Crippen LogP contribution in [0.25, 0.3) is 17.5 Å². The van der Waals surface area contributed by atoms with Gasteiger partial charge in [0.1, 0.15) is 6.54 Å². The van der Waals surface area contributed by atoms with E-state index in [1.54, 1.807) is 29.2 Å². The van der Waals surface area contributed by atoms with Gasteiger partial charge in [0.2, 0.25) is 17.6 Å². The van der Waals surface area contributed by atoms with E-state index < -0.39 is 0 Å². The zero-order valence-corrected chi connectivity index (χ0v) is 17.0. The smallest absolute Gasteiger partial charge is 0.247 e. The van der Waals surface area contributed by atoms with Crippen molar-refractivity contribution in [3.63, 3.8) is 0 Å². The van der Waals surface area contributed by atoms with Crippen molar-refractivity contribution < 1.29 is 9.32 Å². The molecule has 1 amide bonds. The molecule has 0 N–H and O–H groups in total. The van der Waals surface area contributed by atoms with Gasteiger partial charge in [0.25, 0.3) is 0 Å². The van der Waals surface area contributed by atoms with Crippen LogP contribution in [0.3, 0.4) is 0 Å². The van der Waals surface area contributed by atoms with Crippen molar-refractivity contribution in [3.8, 4) is 11.4 Å². The Morgan fingerprint density at radius 3 is 2.54 bits per heavy atom. The van der Waals surface area contributed by atoms with Crippen LogP contribution in [-0.4, -0.2) is 27.0 Å². The third-order valence-corrected chi connectivity index (χ3v) is 4.69. The van der Waals surface area contributed by atoms with Crippen LogP contribution >= 0.6 is 23.2 Å². The molecular formula is C21H19Cl2N3O2. The average Bonchev–Trinajstić information content (AvgIpc) is 3.14. The van der Waals surface area contributed by atoms with Crippen molar-refractivity contribution in [3.05, 3.63) is 76.1 Å². The van der Waals surface area contributed by atoms with Crippen molar-refractivity contribution in [2.45, 2.75) is 26.4 Å². The van der Waals surface area contributed by atoms with E-state index in [-0.39, 0.29) is 18.5 Å². The summed E-state index contributed by atoms with van der Waals surface area (Å²) in [5.74, 6) is 0.647. The summed E-state index contributed by atoms with van der Waals surface area (Å²) in [7, 11) is 0. The van der Waals surface area contributed by atoms with Gasteiger partial charge in [-0.05, 0) is 55.8 Å². The number of hydrogen-bond donors (Lipinski definition) is 0. The standard InChI is InChI=1S/C21H19Cl2N3O2/c1-14(2)26(20(27)12-9-15-5-3-4-6-18(15)23)13-19-24-21(25-28-19)16-7-10-17(22)11-8-16/h3-12,14H,13H2,1-2H3/b12-9+. The van der Waals surface area contributed by atoms with Gasteiger partial charge in [0, 0.05) is 27.7 Å². The summed E-state index contributed by atoms with van der Waals surface area (Å²) in [6, 6.07) is 14.4. The molecule has 0 aliphatic rings. The first-order valence-corrected chi connectivity index (χ1v) is 9.51. The quantitative estimate of drug-likeness (QED) is 0.499. The molecular weight excluding hydrogens is 397 g/mol. The Bertz CT molecular complexity index is 981. The monoisotopic (exact) mass is 415 g/mol. The number of aromatic nitrogens is 2. The molecule has 2 aromatic carbocycles. The molecule has 0 bridgehead atoms. The maximum absolute atomic E-state index is 12.7. The predicted octanol–water partition coefficient (Wildman–Crippen LogP) is 5.49. The third-order valence-electron chi connectivity index (χ3n) is 4.09. The van der Waals surface area contributed by atoms with E-state index in [9.17, 15) is 4.79 Å². The molecule has 0 aliphatic carbocycles. The van der Waals surface area contributed by atoms with Crippen molar-refractivity contribution >= 4 is 35.2 Å². The number of carbonyl (C=O) groups is 1. The normalized spacial score (nSPS) is 11.3. The molecule has 0 atom stereocenters. The van der Waals surface area contributed by atoms with Crippen LogP contribution in [0.2, 0.25) is 10.0 Å². The Balaban J connectivity index is 1.73. The first-order valence-electron chi connectivity index (χ1n) is 8.76. The van der Waals surface area contributed by atoms with E-state index in [2.05, 4.69) is 10.1 Å². The topological polar surface area (TPSA) is 59.2 Å². The number of rotatable bonds is 6. The first kappa shape index (κ1) is 20.1. The summed E-state index contributed by atoms with van der Waals surface area (Å²) >= 11 is 12.0. The molecule has 0 spiro atoms. The van der Waals surface area contributed by atoms with Crippen LogP contribution in [0, 0.1) is 0 Å². The molecule has 0 radical (unpaired) electrons. The molecule has 144 valence electrons. The Kier molecular flexibility index (Phi) is 6.49. The molecule has 0 saturated heterocycles. The second kappa shape index (κ2) is 9.04. The highest BCUT2D eigenvalue weighted by atomic mass is 35.5. The lowest BCUT2D eigenvalue weighted by Gasteiger charge is -2.23. The maximum Gasteiger partial charge on any atom is 0.247 e. The molecule has 0 fully saturated rings. The van der Waals surface area contributed by atoms with Gasteiger partial charge in [-0.3, -0.25) is 4.79 Å². The second-order valence-corrected chi connectivity index (χ2v) is 7.28. The minimum absolute atomic E-state index is 0.0470. The molecule has 3 aromatic rings. The van der Waals surface area contributed by atoms with E-state index >= 15 is 0 Å². The highest BCUT2D eigenvalue weighted by Crippen LogP contribution is 2.20. The van der Waals surface area contributed by atoms with E-state index in [1.807, 2.05) is 44.2 Å². The Labute approximate surface area is 173 Å². The van der Waals surface area contributed by atoms with Gasteiger partial charge in [0.05, 0.1) is 0 Å². The molecule has 7 heteroatoms. The number of amides is 1. The third kappa shape index (κ3) is 5.00. The molecule has 28 heavy (non-hydrogen) atoms. The summed E-state index contributed by atoms with van der Waals surface area (Å²) in [5.41, 5.74) is 1.57. The predicted molar refractivity (Wildman–Crippen MR) is 111 cm³/mol. The summed E-state index contributed by atoms with van der Waals surface area (Å²) in [5, 5.41) is 5.21. The van der Waals surface area contributed by atoms with Gasteiger partial charge in [-0.15, -0.1) is 0 Å². The Hall–Kier alpha value is -2.63. The number of hydrogen-bond acceptors (Lipinski definition) is 4. The van der Waals surface area contributed by atoms with Crippen molar-refractivity contribution in [1.29, 1.82) is 0 Å². The van der Waals surface area contributed by atoms with E-state index in [0.29, 0.717) is 21.8 Å². The van der Waals surface area contributed by atoms with E-state index in [1.165, 1.54) is 6.08 Å². The van der Waals surface area contributed by atoms with E-state index in [4.69, 9.17) is 27.7 Å². The fraction of sp³-hybridized carbons (Fsp3) is 0.190. The zero-order chi connectivity index (χ0) is 20.1. The summed E-state index contributed by atoms with van der Waals surface area (Å²) < 4.78 is 5.33. The lowest BCUT2D eigenvalue weighted by molar-refractivity contribution is -0.128. The van der Waals surface area contributed by atoms with Crippen molar-refractivity contribution in [2.75, 3.05) is 0 Å². The first-order chi connectivity index (χ1) is 13.4. The highest BCUT2D eigenvalue weighted by molar-refractivity contribution is 6.32. The second-order valence-electron chi connectivity index (χ2n) is 6.43. The van der Waals surface area contributed by atoms with Crippen LogP contribution in [0.1, 0.15) is 25.3 Å². The zero-order valence-electron chi connectivity index (χ0n) is 15.5. The Morgan fingerprint density at radius 2 is 1.86 bits per heavy atom. The number of carbonyl (C=O) groups excluding carboxylic acids is 1. The van der Waals surface area contributed by atoms with Crippen LogP contribution in [0.5, 0.6) is 0 Å². The molecule has 0 saturated carbocycles. The number of halogens is 2. The summed E-state index contributed by atoms with van der Waals surface area (Å²) in [4.78, 5) is 18.7. The fourth-order valence-electron chi connectivity index (χ4n) is 2.56. The average molecular weight is 416 g/mol. The van der Waals surface area contributed by atoms with Gasteiger partial charge in [-0.25, -0.2) is 0 Å². The van der Waals surface area contributed by atoms with Crippen LogP contribution in [-0.2, 0) is 11.3 Å². The minimum atomic E-state index is -0.166. The van der Waals surface area contributed by atoms with Gasteiger partial charge < -0.3 is 9.42 Å². The fourth-order valence-corrected chi connectivity index (χ4v) is 2.89. The highest BCUT2D eigenvalue weighted by Gasteiger charge is 2.19. The SMILES string of the molecule is CC(C)N(Cc1nc(-c2ccc(Cl)cc2)no1)C(=O)/C=C/c1ccccc1Cl. The van der Waals surface area contributed by atoms with Gasteiger partial charge in [-0.2, -0.15) is 4.98 Å². The number of nitrogens with zero attached hydrogens (tertiary/aromatic N) is 3. The molecule has 0 aliphatic heterocycles. The summed E-state index contributed by atoms with van der Waals surface area (Å²) in [6.07, 6.45) is 3.20. The molecule has 1 heterocycles. The van der Waals surface area contributed by atoms with Gasteiger partial charge in [-0.1, -0.05) is 46.6 Å². The lowest BCUT2D eigenvalue weighted by Crippen LogP contribution is -2.35. The molecule has 3 rings (SSSR count). The maximum atomic E-state index is 12.7. The lowest BCUT2D eigenvalue weighted by atomic mass is 10.2. The summed E-state index contributed by atoms with van der Waals surface area (Å²) in [6.45, 7) is 4.07. The number of benzene rings is 2. The van der Waals surface area contributed by atoms with Gasteiger partial charge in [0.15, 0.2) is 0 Å². The largest absolute Gasteiger partial charge is 0.337 e. The van der Waals surface area contributed by atoms with Crippen molar-refractivity contribution in [2.24, 2.45) is 0 Å². The molecule has 0 unspecified atom stereocenters. The Morgan fingerprint density at radius 1 is 1.14 bits per heavy atom. The molecule has 1 aromatic heterocycles. The van der Waals surface area contributed by atoms with Gasteiger partial charge >= 0.3 is 0 Å². The molecule has 5 nitrogen and oxygen atoms in total. The van der Waals surface area contributed by atoms with Crippen LogP contribution < -0.4 is 0 Å². The van der Waals surface area contributed by atoms with Crippen molar-refractivity contribution in [1.82, 2.24) is 15.0 Å². The van der Waals surface area contributed by atoms with Crippen LogP contribution in [0.4, 0.5) is 0 Å².